The molecule has 5 heteroatoms. The lowest BCUT2D eigenvalue weighted by Gasteiger charge is -2.31. The number of halogens is 2. The molecule has 0 spiro atoms. The fourth-order valence-corrected chi connectivity index (χ4v) is 3.65. The van der Waals surface area contributed by atoms with Crippen LogP contribution < -0.4 is 5.32 Å². The largest absolute Gasteiger partial charge is 0.326 e. The van der Waals surface area contributed by atoms with Crippen LogP contribution in [0.2, 0.25) is 10.0 Å². The minimum atomic E-state index is 0.0533. The van der Waals surface area contributed by atoms with Gasteiger partial charge in [-0.1, -0.05) is 41.4 Å². The molecule has 2 aromatic rings. The van der Waals surface area contributed by atoms with Crippen molar-refractivity contribution in [3.63, 3.8) is 0 Å². The average Bonchev–Trinajstić information content (AvgIpc) is 2.60. The second-order valence-corrected chi connectivity index (χ2v) is 7.43. The van der Waals surface area contributed by atoms with Crippen LogP contribution in [0.15, 0.2) is 42.5 Å². The number of piperidine rings is 1. The maximum atomic E-state index is 12.5. The quantitative estimate of drug-likeness (QED) is 0.799. The van der Waals surface area contributed by atoms with Crippen molar-refractivity contribution in [3.8, 4) is 0 Å². The van der Waals surface area contributed by atoms with Crippen LogP contribution in [-0.2, 0) is 11.3 Å². The van der Waals surface area contributed by atoms with Crippen molar-refractivity contribution in [1.29, 1.82) is 0 Å². The summed E-state index contributed by atoms with van der Waals surface area (Å²) in [4.78, 5) is 14.9. The minimum Gasteiger partial charge on any atom is -0.326 e. The highest BCUT2D eigenvalue weighted by molar-refractivity contribution is 6.31. The van der Waals surface area contributed by atoms with Crippen molar-refractivity contribution in [2.45, 2.75) is 26.3 Å². The van der Waals surface area contributed by atoms with Gasteiger partial charge in [-0.05, 0) is 68.2 Å². The van der Waals surface area contributed by atoms with Gasteiger partial charge in [0.25, 0.3) is 0 Å². The number of likely N-dealkylation sites (tertiary alicyclic amines) is 1. The summed E-state index contributed by atoms with van der Waals surface area (Å²) >= 11 is 12.2. The van der Waals surface area contributed by atoms with Crippen molar-refractivity contribution >= 4 is 34.8 Å². The third kappa shape index (κ3) is 4.75. The maximum absolute atomic E-state index is 12.5. The molecule has 0 aromatic heterocycles. The molecule has 0 radical (unpaired) electrons. The van der Waals surface area contributed by atoms with Gasteiger partial charge < -0.3 is 5.32 Å². The highest BCUT2D eigenvalue weighted by Gasteiger charge is 2.25. The molecule has 1 saturated heterocycles. The van der Waals surface area contributed by atoms with E-state index in [-0.39, 0.29) is 11.8 Å². The molecule has 3 nitrogen and oxygen atoms in total. The zero-order valence-electron chi connectivity index (χ0n) is 14.3. The molecule has 1 aliphatic rings. The number of rotatable bonds is 4. The summed E-state index contributed by atoms with van der Waals surface area (Å²) in [5.41, 5.74) is 2.97. The molecule has 0 atom stereocenters. The van der Waals surface area contributed by atoms with Crippen LogP contribution in [0.5, 0.6) is 0 Å². The predicted molar refractivity (Wildman–Crippen MR) is 104 cm³/mol. The van der Waals surface area contributed by atoms with Gasteiger partial charge in [-0.2, -0.15) is 0 Å². The smallest absolute Gasteiger partial charge is 0.227 e. The Morgan fingerprint density at radius 3 is 2.56 bits per heavy atom. The highest BCUT2D eigenvalue weighted by atomic mass is 35.5. The van der Waals surface area contributed by atoms with Crippen LogP contribution in [0.1, 0.15) is 24.0 Å². The Hall–Kier alpha value is -1.55. The molecule has 0 saturated carbocycles. The van der Waals surface area contributed by atoms with Gasteiger partial charge in [0.15, 0.2) is 0 Å². The Morgan fingerprint density at radius 2 is 1.88 bits per heavy atom. The summed E-state index contributed by atoms with van der Waals surface area (Å²) in [5, 5.41) is 4.53. The van der Waals surface area contributed by atoms with E-state index in [1.54, 1.807) is 6.07 Å². The van der Waals surface area contributed by atoms with Gasteiger partial charge in [-0.25, -0.2) is 0 Å². The lowest BCUT2D eigenvalue weighted by atomic mass is 9.95. The summed E-state index contributed by atoms with van der Waals surface area (Å²) < 4.78 is 0. The van der Waals surface area contributed by atoms with E-state index < -0.39 is 0 Å². The molecule has 25 heavy (non-hydrogen) atoms. The normalized spacial score (nSPS) is 16.0. The van der Waals surface area contributed by atoms with E-state index in [1.807, 2.05) is 37.3 Å². The molecule has 1 amide bonds. The van der Waals surface area contributed by atoms with E-state index in [1.165, 1.54) is 0 Å². The van der Waals surface area contributed by atoms with Crippen molar-refractivity contribution in [3.05, 3.63) is 63.6 Å². The number of carbonyl (C=O) groups is 1. The van der Waals surface area contributed by atoms with Gasteiger partial charge in [-0.3, -0.25) is 9.69 Å². The fraction of sp³-hybridized carbons (Fsp3) is 0.350. The number of nitrogens with one attached hydrogen (secondary N) is 1. The monoisotopic (exact) mass is 376 g/mol. The van der Waals surface area contributed by atoms with Gasteiger partial charge in [0.1, 0.15) is 0 Å². The Balaban J connectivity index is 1.53. The molecule has 1 fully saturated rings. The van der Waals surface area contributed by atoms with Crippen molar-refractivity contribution < 1.29 is 4.79 Å². The number of benzene rings is 2. The second kappa shape index (κ2) is 8.22. The summed E-state index contributed by atoms with van der Waals surface area (Å²) in [7, 11) is 0. The summed E-state index contributed by atoms with van der Waals surface area (Å²) in [6.07, 6.45) is 1.73. The Kier molecular flexibility index (Phi) is 6.00. The number of aryl methyl sites for hydroxylation is 1. The van der Waals surface area contributed by atoms with Crippen molar-refractivity contribution in [1.82, 2.24) is 4.90 Å². The Morgan fingerprint density at radius 1 is 1.16 bits per heavy atom. The topological polar surface area (TPSA) is 32.3 Å². The maximum Gasteiger partial charge on any atom is 0.227 e. The zero-order chi connectivity index (χ0) is 17.8. The second-order valence-electron chi connectivity index (χ2n) is 6.59. The molecular formula is C20H22Cl2N2O. The van der Waals surface area contributed by atoms with Crippen LogP contribution in [0.4, 0.5) is 5.69 Å². The Bertz CT molecular complexity index is 755. The molecule has 0 unspecified atom stereocenters. The molecule has 2 aromatic carbocycles. The minimum absolute atomic E-state index is 0.0533. The SMILES string of the molecule is Cc1cc(Cl)ccc1NC(=O)C1CCN(Cc2ccccc2Cl)CC1. The summed E-state index contributed by atoms with van der Waals surface area (Å²) in [5.74, 6) is 0.153. The molecule has 1 heterocycles. The zero-order valence-corrected chi connectivity index (χ0v) is 15.8. The van der Waals surface area contributed by atoms with E-state index in [0.29, 0.717) is 5.02 Å². The van der Waals surface area contributed by atoms with E-state index in [0.717, 1.165) is 54.3 Å². The van der Waals surface area contributed by atoms with Crippen LogP contribution >= 0.6 is 23.2 Å². The van der Waals surface area contributed by atoms with E-state index in [9.17, 15) is 4.79 Å². The third-order valence-corrected chi connectivity index (χ3v) is 5.36. The first-order chi connectivity index (χ1) is 12.0. The molecular weight excluding hydrogens is 355 g/mol. The number of carbonyl (C=O) groups excluding carboxylic acids is 1. The lowest BCUT2D eigenvalue weighted by molar-refractivity contribution is -0.121. The number of nitrogens with zero attached hydrogens (tertiary/aromatic N) is 1. The van der Waals surface area contributed by atoms with Gasteiger partial charge in [-0.15, -0.1) is 0 Å². The first-order valence-electron chi connectivity index (χ1n) is 8.55. The molecule has 132 valence electrons. The van der Waals surface area contributed by atoms with Crippen LogP contribution in [0.25, 0.3) is 0 Å². The van der Waals surface area contributed by atoms with Crippen molar-refractivity contribution in [2.75, 3.05) is 18.4 Å². The predicted octanol–water partition coefficient (Wildman–Crippen LogP) is 5.15. The van der Waals surface area contributed by atoms with Crippen LogP contribution in [-0.4, -0.2) is 23.9 Å². The molecule has 1 aliphatic heterocycles. The van der Waals surface area contributed by atoms with E-state index in [4.69, 9.17) is 23.2 Å². The van der Waals surface area contributed by atoms with E-state index in [2.05, 4.69) is 16.3 Å². The van der Waals surface area contributed by atoms with Gasteiger partial charge in [0.2, 0.25) is 5.91 Å². The van der Waals surface area contributed by atoms with Gasteiger partial charge in [0, 0.05) is 28.2 Å². The van der Waals surface area contributed by atoms with Gasteiger partial charge >= 0.3 is 0 Å². The summed E-state index contributed by atoms with van der Waals surface area (Å²) in [6, 6.07) is 13.5. The molecule has 0 aliphatic carbocycles. The molecule has 1 N–H and O–H groups in total. The van der Waals surface area contributed by atoms with Crippen molar-refractivity contribution in [2.24, 2.45) is 5.92 Å². The number of amides is 1. The first-order valence-corrected chi connectivity index (χ1v) is 9.31. The standard InChI is InChI=1S/C20H22Cl2N2O/c1-14-12-17(21)6-7-19(14)23-20(25)15-8-10-24(11-9-15)13-16-4-2-3-5-18(16)22/h2-7,12,15H,8-11,13H2,1H3,(H,23,25). The van der Waals surface area contributed by atoms with Crippen LogP contribution in [0.3, 0.4) is 0 Å². The summed E-state index contributed by atoms with van der Waals surface area (Å²) in [6.45, 7) is 4.60. The fourth-order valence-electron chi connectivity index (χ4n) is 3.22. The Labute approximate surface area is 158 Å². The molecule has 3 rings (SSSR count). The van der Waals surface area contributed by atoms with Crippen LogP contribution in [0, 0.1) is 12.8 Å². The number of hydrogen-bond donors (Lipinski definition) is 1. The third-order valence-electron chi connectivity index (χ3n) is 4.76. The number of hydrogen-bond acceptors (Lipinski definition) is 2. The average molecular weight is 377 g/mol. The first kappa shape index (κ1) is 18.2. The highest BCUT2D eigenvalue weighted by Crippen LogP contribution is 2.25. The lowest BCUT2D eigenvalue weighted by Crippen LogP contribution is -2.37. The molecule has 0 bridgehead atoms. The van der Waals surface area contributed by atoms with Gasteiger partial charge in [0.05, 0.1) is 0 Å². The number of anilines is 1. The van der Waals surface area contributed by atoms with E-state index >= 15 is 0 Å².